The van der Waals surface area contributed by atoms with E-state index >= 15 is 0 Å². The summed E-state index contributed by atoms with van der Waals surface area (Å²) in [4.78, 5) is 0. The van der Waals surface area contributed by atoms with Gasteiger partial charge >= 0.3 is 0 Å². The molecule has 0 aromatic rings. The van der Waals surface area contributed by atoms with Gasteiger partial charge in [0.2, 0.25) is 0 Å². The molecule has 0 amide bonds. The summed E-state index contributed by atoms with van der Waals surface area (Å²) >= 11 is 0. The molecule has 0 aromatic heterocycles. The van der Waals surface area contributed by atoms with Crippen molar-refractivity contribution in [1.82, 2.24) is 0 Å². The third kappa shape index (κ3) is 1.80. The molecule has 0 radical (unpaired) electrons. The van der Waals surface area contributed by atoms with E-state index in [1.54, 1.807) is 0 Å². The minimum Gasteiger partial charge on any atom is -0.390 e. The van der Waals surface area contributed by atoms with Crippen molar-refractivity contribution in [1.29, 1.82) is 0 Å². The highest BCUT2D eigenvalue weighted by Crippen LogP contribution is 2.49. The van der Waals surface area contributed by atoms with E-state index in [0.29, 0.717) is 5.92 Å². The molecule has 1 atom stereocenters. The standard InChI is InChI=1S/C14H24O2/c15-14(8-4-9-14)12-5-10-16-13(11-12)6-2-1-3-7-13/h12,15H,1-11H2. The van der Waals surface area contributed by atoms with Crippen molar-refractivity contribution in [2.45, 2.75) is 75.4 Å². The van der Waals surface area contributed by atoms with Gasteiger partial charge in [0.05, 0.1) is 11.2 Å². The van der Waals surface area contributed by atoms with E-state index in [2.05, 4.69) is 0 Å². The lowest BCUT2D eigenvalue weighted by atomic mass is 9.64. The van der Waals surface area contributed by atoms with Crippen LogP contribution in [0.5, 0.6) is 0 Å². The van der Waals surface area contributed by atoms with Crippen LogP contribution in [0, 0.1) is 5.92 Å². The Kier molecular flexibility index (Phi) is 2.75. The Balaban J connectivity index is 1.69. The molecule has 1 spiro atoms. The first-order chi connectivity index (χ1) is 7.73. The molecule has 3 aliphatic rings. The number of hydrogen-bond donors (Lipinski definition) is 1. The number of aliphatic hydroxyl groups is 1. The lowest BCUT2D eigenvalue weighted by Crippen LogP contribution is -2.52. The van der Waals surface area contributed by atoms with E-state index in [1.807, 2.05) is 0 Å². The maximum Gasteiger partial charge on any atom is 0.0686 e. The van der Waals surface area contributed by atoms with Crippen molar-refractivity contribution < 1.29 is 9.84 Å². The molecule has 2 aliphatic carbocycles. The first kappa shape index (κ1) is 11.0. The van der Waals surface area contributed by atoms with Gasteiger partial charge < -0.3 is 9.84 Å². The van der Waals surface area contributed by atoms with Crippen LogP contribution in [-0.4, -0.2) is 22.9 Å². The van der Waals surface area contributed by atoms with Crippen LogP contribution in [0.15, 0.2) is 0 Å². The molecule has 0 aromatic carbocycles. The van der Waals surface area contributed by atoms with Gasteiger partial charge in [0.1, 0.15) is 0 Å². The molecule has 1 saturated heterocycles. The van der Waals surface area contributed by atoms with E-state index in [9.17, 15) is 5.11 Å². The van der Waals surface area contributed by atoms with Gasteiger partial charge in [0.25, 0.3) is 0 Å². The average Bonchev–Trinajstić information content (AvgIpc) is 2.27. The summed E-state index contributed by atoms with van der Waals surface area (Å²) in [5, 5.41) is 10.5. The number of hydrogen-bond acceptors (Lipinski definition) is 2. The summed E-state index contributed by atoms with van der Waals surface area (Å²) < 4.78 is 6.09. The summed E-state index contributed by atoms with van der Waals surface area (Å²) in [5.41, 5.74) is -0.152. The molecule has 1 heterocycles. The van der Waals surface area contributed by atoms with Crippen molar-refractivity contribution in [2.24, 2.45) is 5.92 Å². The topological polar surface area (TPSA) is 29.5 Å². The Morgan fingerprint density at radius 3 is 2.31 bits per heavy atom. The van der Waals surface area contributed by atoms with Crippen molar-refractivity contribution in [2.75, 3.05) is 6.61 Å². The third-order valence-corrected chi connectivity index (χ3v) is 5.24. The molecule has 2 nitrogen and oxygen atoms in total. The van der Waals surface area contributed by atoms with Crippen LogP contribution in [0.3, 0.4) is 0 Å². The van der Waals surface area contributed by atoms with Gasteiger partial charge in [-0.25, -0.2) is 0 Å². The van der Waals surface area contributed by atoms with Gasteiger partial charge in [-0.3, -0.25) is 0 Å². The quantitative estimate of drug-likeness (QED) is 0.742. The van der Waals surface area contributed by atoms with Crippen molar-refractivity contribution in [3.05, 3.63) is 0 Å². The molecule has 3 fully saturated rings. The molecule has 0 bridgehead atoms. The van der Waals surface area contributed by atoms with Crippen molar-refractivity contribution >= 4 is 0 Å². The molecule has 1 aliphatic heterocycles. The van der Waals surface area contributed by atoms with E-state index in [0.717, 1.165) is 32.3 Å². The molecular formula is C14H24O2. The Labute approximate surface area is 98.4 Å². The summed E-state index contributed by atoms with van der Waals surface area (Å²) in [6, 6.07) is 0. The van der Waals surface area contributed by atoms with E-state index in [1.165, 1.54) is 38.5 Å². The molecule has 2 heteroatoms. The van der Waals surface area contributed by atoms with Crippen LogP contribution < -0.4 is 0 Å². The van der Waals surface area contributed by atoms with Gasteiger partial charge in [-0.15, -0.1) is 0 Å². The molecule has 3 rings (SSSR count). The zero-order chi connectivity index (χ0) is 11.1. The Morgan fingerprint density at radius 2 is 1.69 bits per heavy atom. The highest BCUT2D eigenvalue weighted by molar-refractivity contribution is 5.00. The first-order valence-electron chi connectivity index (χ1n) is 7.09. The third-order valence-electron chi connectivity index (χ3n) is 5.24. The second kappa shape index (κ2) is 3.99. The Morgan fingerprint density at radius 1 is 0.938 bits per heavy atom. The lowest BCUT2D eigenvalue weighted by molar-refractivity contribution is -0.175. The Bertz CT molecular complexity index is 246. The van der Waals surface area contributed by atoms with Crippen molar-refractivity contribution in [3.8, 4) is 0 Å². The van der Waals surface area contributed by atoms with E-state index in [-0.39, 0.29) is 11.2 Å². The zero-order valence-corrected chi connectivity index (χ0v) is 10.2. The normalized spacial score (nSPS) is 36.9. The number of ether oxygens (including phenoxy) is 1. The predicted octanol–water partition coefficient (Wildman–Crippen LogP) is 3.03. The predicted molar refractivity (Wildman–Crippen MR) is 63.3 cm³/mol. The fourth-order valence-electron chi connectivity index (χ4n) is 3.98. The van der Waals surface area contributed by atoms with E-state index < -0.39 is 0 Å². The van der Waals surface area contributed by atoms with Gasteiger partial charge in [-0.2, -0.15) is 0 Å². The first-order valence-corrected chi connectivity index (χ1v) is 7.09. The molecule has 2 saturated carbocycles. The summed E-state index contributed by atoms with van der Waals surface area (Å²) in [7, 11) is 0. The minimum atomic E-state index is -0.311. The highest BCUT2D eigenvalue weighted by Gasteiger charge is 2.48. The Hall–Kier alpha value is -0.0800. The molecule has 1 unspecified atom stereocenters. The maximum atomic E-state index is 10.5. The van der Waals surface area contributed by atoms with Gasteiger partial charge in [0.15, 0.2) is 0 Å². The summed E-state index contributed by atoms with van der Waals surface area (Å²) in [6.45, 7) is 0.882. The molecule has 16 heavy (non-hydrogen) atoms. The van der Waals surface area contributed by atoms with E-state index in [4.69, 9.17) is 4.74 Å². The average molecular weight is 224 g/mol. The molecule has 92 valence electrons. The number of rotatable bonds is 1. The molecule has 1 N–H and O–H groups in total. The lowest BCUT2D eigenvalue weighted by Gasteiger charge is -2.51. The van der Waals surface area contributed by atoms with Crippen LogP contribution in [0.2, 0.25) is 0 Å². The fraction of sp³-hybridized carbons (Fsp3) is 1.00. The van der Waals surface area contributed by atoms with Crippen LogP contribution in [0.25, 0.3) is 0 Å². The van der Waals surface area contributed by atoms with Crippen LogP contribution >= 0.6 is 0 Å². The monoisotopic (exact) mass is 224 g/mol. The fourth-order valence-corrected chi connectivity index (χ4v) is 3.98. The SMILES string of the molecule is OC1(C2CCOC3(CCCCC3)C2)CCC1. The second-order valence-electron chi connectivity index (χ2n) is 6.24. The van der Waals surface area contributed by atoms with Crippen LogP contribution in [-0.2, 0) is 4.74 Å². The van der Waals surface area contributed by atoms with Crippen molar-refractivity contribution in [3.63, 3.8) is 0 Å². The second-order valence-corrected chi connectivity index (χ2v) is 6.24. The zero-order valence-electron chi connectivity index (χ0n) is 10.2. The van der Waals surface area contributed by atoms with Gasteiger partial charge in [-0.1, -0.05) is 19.3 Å². The minimum absolute atomic E-state index is 0.159. The van der Waals surface area contributed by atoms with Gasteiger partial charge in [0, 0.05) is 6.61 Å². The molecular weight excluding hydrogens is 200 g/mol. The largest absolute Gasteiger partial charge is 0.390 e. The van der Waals surface area contributed by atoms with Gasteiger partial charge in [-0.05, 0) is 50.9 Å². The van der Waals surface area contributed by atoms with Crippen LogP contribution in [0.4, 0.5) is 0 Å². The highest BCUT2D eigenvalue weighted by atomic mass is 16.5. The summed E-state index contributed by atoms with van der Waals surface area (Å²) in [6.07, 6.45) is 12.0. The summed E-state index contributed by atoms with van der Waals surface area (Å²) in [5.74, 6) is 0.521. The maximum absolute atomic E-state index is 10.5. The van der Waals surface area contributed by atoms with Crippen LogP contribution in [0.1, 0.15) is 64.2 Å². The smallest absolute Gasteiger partial charge is 0.0686 e.